The first kappa shape index (κ1) is 14.9. The van der Waals surface area contributed by atoms with Gasteiger partial charge in [-0.15, -0.1) is 0 Å². The van der Waals surface area contributed by atoms with E-state index in [1.165, 1.54) is 51.7 Å². The van der Waals surface area contributed by atoms with E-state index in [0.717, 1.165) is 13.2 Å². The summed E-state index contributed by atoms with van der Waals surface area (Å²) >= 11 is 0. The predicted octanol–water partition coefficient (Wildman–Crippen LogP) is 3.32. The number of hydrogen-bond acceptors (Lipinski definition) is 2. The second kappa shape index (κ2) is 12.0. The first-order valence-corrected chi connectivity index (χ1v) is 6.65. The molecule has 0 aromatic carbocycles. The van der Waals surface area contributed by atoms with Crippen LogP contribution in [-0.4, -0.2) is 37.7 Å². The molecule has 0 aromatic heterocycles. The average Bonchev–Trinajstić information content (AvgIpc) is 2.27. The molecule has 0 saturated heterocycles. The normalized spacial score (nSPS) is 11.2. The Bertz CT molecular complexity index is 113. The molecule has 92 valence electrons. The van der Waals surface area contributed by atoms with Crippen molar-refractivity contribution in [2.45, 2.75) is 52.9 Å². The van der Waals surface area contributed by atoms with Crippen molar-refractivity contribution in [2.24, 2.45) is 0 Å². The minimum absolute atomic E-state index is 0.949. The lowest BCUT2D eigenvalue weighted by atomic mass is 10.2. The zero-order valence-corrected chi connectivity index (χ0v) is 10.9. The summed E-state index contributed by atoms with van der Waals surface area (Å²) in [6.07, 6.45) is 6.30. The minimum atomic E-state index is 0.949. The van der Waals surface area contributed by atoms with Gasteiger partial charge in [0.15, 0.2) is 0 Å². The number of ether oxygens (including phenoxy) is 1. The molecule has 0 unspecified atom stereocenters. The van der Waals surface area contributed by atoms with Gasteiger partial charge in [-0.05, 0) is 38.9 Å². The lowest BCUT2D eigenvalue weighted by Crippen LogP contribution is -2.24. The molecule has 0 bridgehead atoms. The highest BCUT2D eigenvalue weighted by Crippen LogP contribution is 1.98. The fraction of sp³-hybridized carbons (Fsp3) is 1.00. The van der Waals surface area contributed by atoms with E-state index in [2.05, 4.69) is 25.7 Å². The van der Waals surface area contributed by atoms with Crippen molar-refractivity contribution in [2.75, 3.05) is 32.8 Å². The van der Waals surface area contributed by atoms with Crippen LogP contribution in [0.3, 0.4) is 0 Å². The highest BCUT2D eigenvalue weighted by molar-refractivity contribution is 4.52. The Hall–Kier alpha value is -0.0800. The summed E-state index contributed by atoms with van der Waals surface area (Å²) in [4.78, 5) is 2.47. The van der Waals surface area contributed by atoms with Gasteiger partial charge in [0, 0.05) is 13.2 Å². The second-order valence-corrected chi connectivity index (χ2v) is 4.05. The van der Waals surface area contributed by atoms with Crippen LogP contribution in [0.4, 0.5) is 0 Å². The van der Waals surface area contributed by atoms with E-state index in [9.17, 15) is 0 Å². The van der Waals surface area contributed by atoms with Crippen LogP contribution in [0.1, 0.15) is 52.9 Å². The third kappa shape index (κ3) is 10.2. The van der Waals surface area contributed by atoms with Crippen LogP contribution in [0.25, 0.3) is 0 Å². The van der Waals surface area contributed by atoms with Gasteiger partial charge in [-0.25, -0.2) is 0 Å². The van der Waals surface area contributed by atoms with Crippen LogP contribution in [0, 0.1) is 0 Å². The van der Waals surface area contributed by atoms with Crippen molar-refractivity contribution < 1.29 is 4.74 Å². The summed E-state index contributed by atoms with van der Waals surface area (Å²) in [5, 5.41) is 0. The molecule has 0 rings (SSSR count). The van der Waals surface area contributed by atoms with Gasteiger partial charge in [-0.3, -0.25) is 0 Å². The summed E-state index contributed by atoms with van der Waals surface area (Å²) in [6, 6.07) is 0. The topological polar surface area (TPSA) is 12.5 Å². The predicted molar refractivity (Wildman–Crippen MR) is 67.4 cm³/mol. The lowest BCUT2D eigenvalue weighted by Gasteiger charge is -2.17. The molecule has 0 aliphatic carbocycles. The number of rotatable bonds is 11. The third-order valence-electron chi connectivity index (χ3n) is 2.80. The molecule has 0 N–H and O–H groups in total. The van der Waals surface area contributed by atoms with Crippen LogP contribution < -0.4 is 0 Å². The highest BCUT2D eigenvalue weighted by atomic mass is 16.5. The van der Waals surface area contributed by atoms with Crippen LogP contribution >= 0.6 is 0 Å². The van der Waals surface area contributed by atoms with Gasteiger partial charge in [0.25, 0.3) is 0 Å². The quantitative estimate of drug-likeness (QED) is 0.490. The summed E-state index contributed by atoms with van der Waals surface area (Å²) in [5.74, 6) is 0. The minimum Gasteiger partial charge on any atom is -0.381 e. The van der Waals surface area contributed by atoms with E-state index in [-0.39, 0.29) is 0 Å². The standard InChI is InChI=1S/C13H29NO/c1-4-7-9-12-15-13-10-8-11-14(5-2)6-3/h4-13H2,1-3H3. The highest BCUT2D eigenvalue weighted by Gasteiger charge is 1.97. The van der Waals surface area contributed by atoms with E-state index in [1.54, 1.807) is 0 Å². The number of unbranched alkanes of at least 4 members (excludes halogenated alkanes) is 3. The molecule has 15 heavy (non-hydrogen) atoms. The molecule has 2 heteroatoms. The smallest absolute Gasteiger partial charge is 0.0466 e. The van der Waals surface area contributed by atoms with Crippen molar-refractivity contribution in [3.8, 4) is 0 Å². The first-order valence-electron chi connectivity index (χ1n) is 6.65. The maximum atomic E-state index is 5.57. The first-order chi connectivity index (χ1) is 7.35. The molecular weight excluding hydrogens is 186 g/mol. The molecule has 0 fully saturated rings. The summed E-state index contributed by atoms with van der Waals surface area (Å²) < 4.78 is 5.57. The van der Waals surface area contributed by atoms with E-state index < -0.39 is 0 Å². The van der Waals surface area contributed by atoms with Gasteiger partial charge in [0.2, 0.25) is 0 Å². The van der Waals surface area contributed by atoms with Gasteiger partial charge in [-0.1, -0.05) is 33.6 Å². The Morgan fingerprint density at radius 1 is 0.800 bits per heavy atom. The zero-order chi connectivity index (χ0) is 11.4. The van der Waals surface area contributed by atoms with E-state index >= 15 is 0 Å². The van der Waals surface area contributed by atoms with Crippen LogP contribution in [0.5, 0.6) is 0 Å². The Labute approximate surface area is 96.0 Å². The largest absolute Gasteiger partial charge is 0.381 e. The van der Waals surface area contributed by atoms with Gasteiger partial charge in [0.05, 0.1) is 0 Å². The average molecular weight is 215 g/mol. The number of nitrogens with zero attached hydrogens (tertiary/aromatic N) is 1. The molecule has 0 amide bonds. The van der Waals surface area contributed by atoms with Gasteiger partial charge in [0.1, 0.15) is 0 Å². The maximum absolute atomic E-state index is 5.57. The molecule has 0 atom stereocenters. The van der Waals surface area contributed by atoms with Crippen LogP contribution in [0.2, 0.25) is 0 Å². The monoisotopic (exact) mass is 215 g/mol. The van der Waals surface area contributed by atoms with Crippen LogP contribution in [0.15, 0.2) is 0 Å². The van der Waals surface area contributed by atoms with Crippen molar-refractivity contribution in [3.05, 3.63) is 0 Å². The van der Waals surface area contributed by atoms with Crippen LogP contribution in [-0.2, 0) is 4.74 Å². The summed E-state index contributed by atoms with van der Waals surface area (Å²) in [6.45, 7) is 12.2. The Kier molecular flexibility index (Phi) is 11.9. The van der Waals surface area contributed by atoms with Gasteiger partial charge >= 0.3 is 0 Å². The molecule has 0 saturated carbocycles. The van der Waals surface area contributed by atoms with E-state index in [4.69, 9.17) is 4.74 Å². The van der Waals surface area contributed by atoms with Crippen molar-refractivity contribution in [3.63, 3.8) is 0 Å². The van der Waals surface area contributed by atoms with Crippen molar-refractivity contribution in [1.82, 2.24) is 4.90 Å². The molecule has 0 aromatic rings. The fourth-order valence-corrected chi connectivity index (χ4v) is 1.64. The maximum Gasteiger partial charge on any atom is 0.0466 e. The SMILES string of the molecule is CCCCCOCCCCN(CC)CC. The molecule has 0 aliphatic heterocycles. The molecule has 0 spiro atoms. The summed E-state index contributed by atoms with van der Waals surface area (Å²) in [7, 11) is 0. The molecule has 2 nitrogen and oxygen atoms in total. The number of hydrogen-bond donors (Lipinski definition) is 0. The zero-order valence-electron chi connectivity index (χ0n) is 10.9. The Morgan fingerprint density at radius 3 is 1.93 bits per heavy atom. The van der Waals surface area contributed by atoms with Gasteiger partial charge < -0.3 is 9.64 Å². The molecular formula is C13H29NO. The lowest BCUT2D eigenvalue weighted by molar-refractivity contribution is 0.123. The van der Waals surface area contributed by atoms with E-state index in [0.29, 0.717) is 0 Å². The Morgan fingerprint density at radius 2 is 1.40 bits per heavy atom. The summed E-state index contributed by atoms with van der Waals surface area (Å²) in [5.41, 5.74) is 0. The fourth-order valence-electron chi connectivity index (χ4n) is 1.64. The van der Waals surface area contributed by atoms with Gasteiger partial charge in [-0.2, -0.15) is 0 Å². The third-order valence-corrected chi connectivity index (χ3v) is 2.80. The Balaban J connectivity index is 3.04. The molecule has 0 radical (unpaired) electrons. The second-order valence-electron chi connectivity index (χ2n) is 4.05. The molecule has 0 heterocycles. The van der Waals surface area contributed by atoms with Crippen molar-refractivity contribution >= 4 is 0 Å². The van der Waals surface area contributed by atoms with Crippen molar-refractivity contribution in [1.29, 1.82) is 0 Å². The van der Waals surface area contributed by atoms with E-state index in [1.807, 2.05) is 0 Å². The molecule has 0 aliphatic rings.